The molecule has 0 aromatic carbocycles. The maximum absolute atomic E-state index is 10.9. The smallest absolute Gasteiger partial charge is 0.377 e. The van der Waals surface area contributed by atoms with Gasteiger partial charge in [0.25, 0.3) is 0 Å². The summed E-state index contributed by atoms with van der Waals surface area (Å²) in [6.45, 7) is 1.83. The van der Waals surface area contributed by atoms with Crippen LogP contribution in [0.15, 0.2) is 10.6 Å². The van der Waals surface area contributed by atoms with Gasteiger partial charge in [-0.1, -0.05) is 5.16 Å². The van der Waals surface area contributed by atoms with Crippen LogP contribution in [0.5, 0.6) is 0 Å². The Balaban J connectivity index is 2.79. The molecule has 0 radical (unpaired) electrons. The number of hydrogen-bond acceptors (Lipinski definition) is 5. The first kappa shape index (κ1) is 9.24. The van der Waals surface area contributed by atoms with Gasteiger partial charge in [-0.15, -0.1) is 0 Å². The Morgan fingerprint density at radius 2 is 2.38 bits per heavy atom. The SMILES string of the molecule is CCOC(=O)c1cc(C(=O)O)no1. The topological polar surface area (TPSA) is 89.6 Å². The number of hydrogen-bond donors (Lipinski definition) is 1. The van der Waals surface area contributed by atoms with E-state index >= 15 is 0 Å². The van der Waals surface area contributed by atoms with Crippen LogP contribution < -0.4 is 0 Å². The van der Waals surface area contributed by atoms with Gasteiger partial charge in [-0.3, -0.25) is 0 Å². The zero-order valence-electron chi connectivity index (χ0n) is 6.81. The molecular weight excluding hydrogens is 178 g/mol. The van der Waals surface area contributed by atoms with Crippen LogP contribution in [0.3, 0.4) is 0 Å². The lowest BCUT2D eigenvalue weighted by molar-refractivity contribution is 0.0478. The number of ether oxygens (including phenoxy) is 1. The number of esters is 1. The number of carbonyl (C=O) groups is 2. The summed E-state index contributed by atoms with van der Waals surface area (Å²) in [6.07, 6.45) is 0. The molecule has 0 bridgehead atoms. The third-order valence-electron chi connectivity index (χ3n) is 1.21. The molecule has 0 amide bonds. The Bertz CT molecular complexity index is 329. The largest absolute Gasteiger partial charge is 0.476 e. The number of carboxylic acids is 1. The van der Waals surface area contributed by atoms with Gasteiger partial charge in [-0.05, 0) is 6.92 Å². The van der Waals surface area contributed by atoms with Crippen molar-refractivity contribution in [3.8, 4) is 0 Å². The highest BCUT2D eigenvalue weighted by Crippen LogP contribution is 2.04. The standard InChI is InChI=1S/C7H7NO5/c1-2-12-7(11)5-3-4(6(9)10)8-13-5/h3H,2H2,1H3,(H,9,10). The van der Waals surface area contributed by atoms with Crippen molar-refractivity contribution in [3.63, 3.8) is 0 Å². The summed E-state index contributed by atoms with van der Waals surface area (Å²) < 4.78 is 8.99. The number of aromatic nitrogens is 1. The zero-order valence-corrected chi connectivity index (χ0v) is 6.81. The quantitative estimate of drug-likeness (QED) is 0.691. The predicted molar refractivity (Wildman–Crippen MR) is 39.4 cm³/mol. The van der Waals surface area contributed by atoms with Gasteiger partial charge in [0.2, 0.25) is 5.76 Å². The number of aromatic carboxylic acids is 1. The van der Waals surface area contributed by atoms with Gasteiger partial charge in [0.05, 0.1) is 6.61 Å². The van der Waals surface area contributed by atoms with Crippen molar-refractivity contribution in [2.45, 2.75) is 6.92 Å². The third kappa shape index (κ3) is 2.05. The van der Waals surface area contributed by atoms with Gasteiger partial charge in [0.1, 0.15) is 0 Å². The highest BCUT2D eigenvalue weighted by molar-refractivity contribution is 5.91. The van der Waals surface area contributed by atoms with E-state index in [0.29, 0.717) is 0 Å². The highest BCUT2D eigenvalue weighted by Gasteiger charge is 2.17. The van der Waals surface area contributed by atoms with Gasteiger partial charge in [-0.25, -0.2) is 9.59 Å². The van der Waals surface area contributed by atoms with Crippen LogP contribution in [0, 0.1) is 0 Å². The van der Waals surface area contributed by atoms with E-state index in [1.54, 1.807) is 6.92 Å². The second-order valence-electron chi connectivity index (χ2n) is 2.10. The molecule has 1 aromatic rings. The molecular formula is C7H7NO5. The molecule has 1 rings (SSSR count). The molecule has 0 aliphatic carbocycles. The molecule has 0 fully saturated rings. The lowest BCUT2D eigenvalue weighted by Crippen LogP contribution is -2.03. The Kier molecular flexibility index (Phi) is 2.63. The average molecular weight is 185 g/mol. The van der Waals surface area contributed by atoms with E-state index in [2.05, 4.69) is 14.4 Å². The van der Waals surface area contributed by atoms with Crippen LogP contribution >= 0.6 is 0 Å². The minimum absolute atomic E-state index is 0.196. The monoisotopic (exact) mass is 185 g/mol. The number of rotatable bonds is 3. The van der Waals surface area contributed by atoms with Gasteiger partial charge in [0.15, 0.2) is 5.69 Å². The van der Waals surface area contributed by atoms with E-state index in [1.165, 1.54) is 0 Å². The normalized spacial score (nSPS) is 9.62. The summed E-state index contributed by atoms with van der Waals surface area (Å²) in [5.41, 5.74) is -0.317. The fourth-order valence-corrected chi connectivity index (χ4v) is 0.674. The fourth-order valence-electron chi connectivity index (χ4n) is 0.674. The minimum Gasteiger partial charge on any atom is -0.476 e. The molecule has 6 heteroatoms. The number of nitrogens with zero attached hydrogens (tertiary/aromatic N) is 1. The Morgan fingerprint density at radius 3 is 2.85 bits per heavy atom. The lowest BCUT2D eigenvalue weighted by Gasteiger charge is -1.93. The average Bonchev–Trinajstić information content (AvgIpc) is 2.52. The van der Waals surface area contributed by atoms with Crippen molar-refractivity contribution >= 4 is 11.9 Å². The molecule has 13 heavy (non-hydrogen) atoms. The summed E-state index contributed by atoms with van der Waals surface area (Å²) in [6, 6.07) is 1.01. The summed E-state index contributed by atoms with van der Waals surface area (Å²) >= 11 is 0. The summed E-state index contributed by atoms with van der Waals surface area (Å²) in [4.78, 5) is 21.3. The molecule has 0 unspecified atom stereocenters. The van der Waals surface area contributed by atoms with Crippen LogP contribution in [0.4, 0.5) is 0 Å². The van der Waals surface area contributed by atoms with Crippen LogP contribution in [-0.2, 0) is 4.74 Å². The van der Waals surface area contributed by atoms with Gasteiger partial charge >= 0.3 is 11.9 Å². The molecule has 0 saturated carbocycles. The van der Waals surface area contributed by atoms with Crippen molar-refractivity contribution in [2.75, 3.05) is 6.61 Å². The van der Waals surface area contributed by atoms with Crippen LogP contribution in [0.25, 0.3) is 0 Å². The molecule has 1 heterocycles. The molecule has 0 aliphatic heterocycles. The first-order chi connectivity index (χ1) is 6.15. The van der Waals surface area contributed by atoms with Crippen LogP contribution in [0.1, 0.15) is 28.0 Å². The van der Waals surface area contributed by atoms with Crippen molar-refractivity contribution in [1.82, 2.24) is 5.16 Å². The van der Waals surface area contributed by atoms with Crippen molar-refractivity contribution in [1.29, 1.82) is 0 Å². The van der Waals surface area contributed by atoms with E-state index in [1.807, 2.05) is 0 Å². The molecule has 0 saturated heterocycles. The molecule has 1 aromatic heterocycles. The minimum atomic E-state index is -1.25. The van der Waals surface area contributed by atoms with Gasteiger partial charge in [-0.2, -0.15) is 0 Å². The number of carboxylic acid groups (broad SMARTS) is 1. The molecule has 0 aliphatic rings. The summed E-state index contributed by atoms with van der Waals surface area (Å²) in [5, 5.41) is 11.6. The fraction of sp³-hybridized carbons (Fsp3) is 0.286. The van der Waals surface area contributed by atoms with Crippen LogP contribution in [0.2, 0.25) is 0 Å². The van der Waals surface area contributed by atoms with E-state index in [4.69, 9.17) is 5.11 Å². The zero-order chi connectivity index (χ0) is 9.84. The number of carbonyl (C=O) groups excluding carboxylic acids is 1. The highest BCUT2D eigenvalue weighted by atomic mass is 16.6. The second-order valence-corrected chi connectivity index (χ2v) is 2.10. The summed E-state index contributed by atoms with van der Waals surface area (Å²) in [7, 11) is 0. The maximum atomic E-state index is 10.9. The summed E-state index contributed by atoms with van der Waals surface area (Å²) in [5.74, 6) is -2.18. The van der Waals surface area contributed by atoms with Gasteiger partial charge < -0.3 is 14.4 Å². The molecule has 70 valence electrons. The molecule has 0 spiro atoms. The van der Waals surface area contributed by atoms with E-state index < -0.39 is 11.9 Å². The maximum Gasteiger partial charge on any atom is 0.377 e. The first-order valence-electron chi connectivity index (χ1n) is 3.52. The van der Waals surface area contributed by atoms with Crippen molar-refractivity contribution in [2.24, 2.45) is 0 Å². The van der Waals surface area contributed by atoms with Crippen molar-refractivity contribution in [3.05, 3.63) is 17.5 Å². The molecule has 0 atom stereocenters. The molecule has 1 N–H and O–H groups in total. The predicted octanol–water partition coefficient (Wildman–Crippen LogP) is 0.550. The Labute approximate surface area is 73.1 Å². The van der Waals surface area contributed by atoms with E-state index in [0.717, 1.165) is 6.07 Å². The van der Waals surface area contributed by atoms with E-state index in [9.17, 15) is 9.59 Å². The second kappa shape index (κ2) is 3.70. The molecule has 6 nitrogen and oxygen atoms in total. The van der Waals surface area contributed by atoms with Crippen molar-refractivity contribution < 1.29 is 24.0 Å². The Hall–Kier alpha value is -1.85. The van der Waals surface area contributed by atoms with E-state index in [-0.39, 0.29) is 18.1 Å². The van der Waals surface area contributed by atoms with Gasteiger partial charge in [0, 0.05) is 6.07 Å². The third-order valence-corrected chi connectivity index (χ3v) is 1.21. The Morgan fingerprint density at radius 1 is 1.69 bits per heavy atom. The lowest BCUT2D eigenvalue weighted by atomic mass is 10.4. The van der Waals surface area contributed by atoms with Crippen LogP contribution in [-0.4, -0.2) is 28.8 Å². The first-order valence-corrected chi connectivity index (χ1v) is 3.52.